The van der Waals surface area contributed by atoms with Crippen molar-refractivity contribution in [2.45, 2.75) is 13.0 Å². The Morgan fingerprint density at radius 1 is 1.47 bits per heavy atom. The summed E-state index contributed by atoms with van der Waals surface area (Å²) >= 11 is 0. The van der Waals surface area contributed by atoms with Crippen LogP contribution < -0.4 is 5.73 Å². The number of ketones is 1. The Hall–Kier alpha value is -1.68. The maximum absolute atomic E-state index is 13.8. The Kier molecular flexibility index (Phi) is 2.28. The predicted octanol–water partition coefficient (Wildman–Crippen LogP) is 2.10. The molecule has 1 aromatic carbocycles. The van der Waals surface area contributed by atoms with Crippen molar-refractivity contribution < 1.29 is 13.6 Å². The number of fused-ring (bicyclic) bond motifs is 1. The molecule has 2 rings (SSSR count). The number of Topliss-reactive ketones (excluding diaryl/α,β-unsaturated/α-hetero) is 1. The van der Waals surface area contributed by atoms with Gasteiger partial charge in [0.15, 0.2) is 5.78 Å². The first-order chi connectivity index (χ1) is 7.11. The average Bonchev–Trinajstić information content (AvgIpc) is 2.66. The van der Waals surface area contributed by atoms with E-state index in [0.717, 1.165) is 0 Å². The van der Waals surface area contributed by atoms with Gasteiger partial charge in [0.2, 0.25) is 0 Å². The molecular formula is C11H10FNO2. The quantitative estimate of drug-likeness (QED) is 0.767. The number of furan rings is 1. The standard InChI is InChI=1S/C11H10FNO2/c1-6(13)11(14)8-2-3-9-7(10(8)12)4-5-15-9/h2-6H,13H2,1H3. The van der Waals surface area contributed by atoms with Crippen LogP contribution in [-0.4, -0.2) is 11.8 Å². The molecule has 0 bridgehead atoms. The maximum atomic E-state index is 13.8. The van der Waals surface area contributed by atoms with Crippen molar-refractivity contribution in [1.29, 1.82) is 0 Å². The van der Waals surface area contributed by atoms with Crippen LogP contribution in [0.3, 0.4) is 0 Å². The molecule has 1 aromatic heterocycles. The van der Waals surface area contributed by atoms with Crippen LogP contribution in [0, 0.1) is 5.82 Å². The first-order valence-corrected chi connectivity index (χ1v) is 4.56. The van der Waals surface area contributed by atoms with E-state index in [2.05, 4.69) is 0 Å². The van der Waals surface area contributed by atoms with Crippen LogP contribution in [0.15, 0.2) is 28.9 Å². The van der Waals surface area contributed by atoms with Gasteiger partial charge in [-0.2, -0.15) is 0 Å². The zero-order chi connectivity index (χ0) is 11.0. The van der Waals surface area contributed by atoms with E-state index in [9.17, 15) is 9.18 Å². The second kappa shape index (κ2) is 3.47. The lowest BCUT2D eigenvalue weighted by Crippen LogP contribution is -2.27. The molecule has 0 radical (unpaired) electrons. The molecule has 0 aliphatic rings. The van der Waals surface area contributed by atoms with Gasteiger partial charge in [-0.1, -0.05) is 0 Å². The number of benzene rings is 1. The molecule has 3 nitrogen and oxygen atoms in total. The summed E-state index contributed by atoms with van der Waals surface area (Å²) < 4.78 is 18.8. The lowest BCUT2D eigenvalue weighted by Gasteiger charge is -2.05. The second-order valence-electron chi connectivity index (χ2n) is 3.41. The van der Waals surface area contributed by atoms with E-state index in [0.29, 0.717) is 11.0 Å². The lowest BCUT2D eigenvalue weighted by atomic mass is 10.0. The minimum absolute atomic E-state index is 0.0129. The number of hydrogen-bond donors (Lipinski definition) is 1. The molecule has 4 heteroatoms. The Morgan fingerprint density at radius 3 is 2.87 bits per heavy atom. The molecule has 78 valence electrons. The first kappa shape index (κ1) is 9.86. The van der Waals surface area contributed by atoms with Crippen LogP contribution in [0.25, 0.3) is 11.0 Å². The molecular weight excluding hydrogens is 197 g/mol. The third-order valence-electron chi connectivity index (χ3n) is 2.25. The van der Waals surface area contributed by atoms with E-state index >= 15 is 0 Å². The Bertz CT molecular complexity index is 516. The highest BCUT2D eigenvalue weighted by molar-refractivity contribution is 6.02. The van der Waals surface area contributed by atoms with Crippen molar-refractivity contribution in [1.82, 2.24) is 0 Å². The molecule has 2 aromatic rings. The lowest BCUT2D eigenvalue weighted by molar-refractivity contribution is 0.0964. The molecule has 15 heavy (non-hydrogen) atoms. The number of halogens is 1. The van der Waals surface area contributed by atoms with Crippen molar-refractivity contribution in [3.05, 3.63) is 35.8 Å². The monoisotopic (exact) mass is 207 g/mol. The molecule has 0 fully saturated rings. The minimum atomic E-state index is -0.705. The predicted molar refractivity (Wildman–Crippen MR) is 54.2 cm³/mol. The van der Waals surface area contributed by atoms with Crippen molar-refractivity contribution in [2.75, 3.05) is 0 Å². The van der Waals surface area contributed by atoms with Gasteiger partial charge in [-0.05, 0) is 25.1 Å². The van der Waals surface area contributed by atoms with Crippen LogP contribution in [-0.2, 0) is 0 Å². The van der Waals surface area contributed by atoms with E-state index in [1.807, 2.05) is 0 Å². The summed E-state index contributed by atoms with van der Waals surface area (Å²) in [5.74, 6) is -0.973. The summed E-state index contributed by atoms with van der Waals surface area (Å²) in [6.45, 7) is 1.53. The summed E-state index contributed by atoms with van der Waals surface area (Å²) in [5, 5.41) is 0.307. The molecule has 0 saturated heterocycles. The van der Waals surface area contributed by atoms with Gasteiger partial charge < -0.3 is 10.2 Å². The third kappa shape index (κ3) is 1.53. The smallest absolute Gasteiger partial charge is 0.182 e. The van der Waals surface area contributed by atoms with E-state index in [1.54, 1.807) is 6.07 Å². The average molecular weight is 207 g/mol. The number of nitrogens with two attached hydrogens (primary N) is 1. The molecule has 1 heterocycles. The highest BCUT2D eigenvalue weighted by atomic mass is 19.1. The SMILES string of the molecule is CC(N)C(=O)c1ccc2occc2c1F. The van der Waals surface area contributed by atoms with Gasteiger partial charge in [0, 0.05) is 0 Å². The Labute approximate surface area is 85.7 Å². The van der Waals surface area contributed by atoms with Crippen LogP contribution in [0.2, 0.25) is 0 Å². The van der Waals surface area contributed by atoms with Gasteiger partial charge in [0.05, 0.1) is 23.3 Å². The Morgan fingerprint density at radius 2 is 2.20 bits per heavy atom. The summed E-state index contributed by atoms with van der Waals surface area (Å²) in [5.41, 5.74) is 5.85. The van der Waals surface area contributed by atoms with Crippen molar-refractivity contribution >= 4 is 16.8 Å². The van der Waals surface area contributed by atoms with Gasteiger partial charge >= 0.3 is 0 Å². The van der Waals surface area contributed by atoms with Crippen LogP contribution in [0.4, 0.5) is 4.39 Å². The fourth-order valence-electron chi connectivity index (χ4n) is 1.44. The van der Waals surface area contributed by atoms with Crippen LogP contribution in [0.5, 0.6) is 0 Å². The zero-order valence-electron chi connectivity index (χ0n) is 8.16. The fraction of sp³-hybridized carbons (Fsp3) is 0.182. The molecule has 1 atom stereocenters. The highest BCUT2D eigenvalue weighted by Crippen LogP contribution is 2.22. The summed E-state index contributed by atoms with van der Waals surface area (Å²) in [6, 6.07) is 3.74. The van der Waals surface area contributed by atoms with E-state index in [4.69, 9.17) is 10.2 Å². The van der Waals surface area contributed by atoms with E-state index in [-0.39, 0.29) is 5.56 Å². The molecule has 0 saturated carbocycles. The van der Waals surface area contributed by atoms with Crippen molar-refractivity contribution in [3.63, 3.8) is 0 Å². The van der Waals surface area contributed by atoms with Gasteiger partial charge in [-0.15, -0.1) is 0 Å². The van der Waals surface area contributed by atoms with Crippen molar-refractivity contribution in [2.24, 2.45) is 5.73 Å². The fourth-order valence-corrected chi connectivity index (χ4v) is 1.44. The molecule has 0 aliphatic heterocycles. The zero-order valence-corrected chi connectivity index (χ0v) is 8.16. The van der Waals surface area contributed by atoms with Gasteiger partial charge in [0.25, 0.3) is 0 Å². The van der Waals surface area contributed by atoms with Crippen LogP contribution in [0.1, 0.15) is 17.3 Å². The van der Waals surface area contributed by atoms with Crippen LogP contribution >= 0.6 is 0 Å². The van der Waals surface area contributed by atoms with E-state index < -0.39 is 17.6 Å². The summed E-state index contributed by atoms with van der Waals surface area (Å²) in [4.78, 5) is 11.5. The molecule has 0 aliphatic carbocycles. The van der Waals surface area contributed by atoms with Crippen molar-refractivity contribution in [3.8, 4) is 0 Å². The Balaban J connectivity index is 2.62. The maximum Gasteiger partial charge on any atom is 0.182 e. The minimum Gasteiger partial charge on any atom is -0.464 e. The largest absolute Gasteiger partial charge is 0.464 e. The summed E-state index contributed by atoms with van der Waals surface area (Å²) in [6.07, 6.45) is 1.38. The van der Waals surface area contributed by atoms with E-state index in [1.165, 1.54) is 25.3 Å². The number of carbonyl (C=O) groups excluding carboxylic acids is 1. The normalized spacial score (nSPS) is 13.0. The number of rotatable bonds is 2. The molecule has 1 unspecified atom stereocenters. The number of carbonyl (C=O) groups is 1. The topological polar surface area (TPSA) is 56.2 Å². The molecule has 0 spiro atoms. The third-order valence-corrected chi connectivity index (χ3v) is 2.25. The highest BCUT2D eigenvalue weighted by Gasteiger charge is 2.18. The molecule has 2 N–H and O–H groups in total. The first-order valence-electron chi connectivity index (χ1n) is 4.56. The van der Waals surface area contributed by atoms with Gasteiger partial charge in [0.1, 0.15) is 11.4 Å². The van der Waals surface area contributed by atoms with Gasteiger partial charge in [-0.25, -0.2) is 4.39 Å². The number of hydrogen-bond acceptors (Lipinski definition) is 3. The molecule has 0 amide bonds. The summed E-state index contributed by atoms with van der Waals surface area (Å²) in [7, 11) is 0. The van der Waals surface area contributed by atoms with Gasteiger partial charge in [-0.3, -0.25) is 4.79 Å². The second-order valence-corrected chi connectivity index (χ2v) is 3.41.